The summed E-state index contributed by atoms with van der Waals surface area (Å²) in [5.41, 5.74) is 1.25. The number of benzene rings is 1. The Kier molecular flexibility index (Phi) is 5.01. The van der Waals surface area contributed by atoms with E-state index in [0.29, 0.717) is 6.54 Å². The van der Waals surface area contributed by atoms with Crippen molar-refractivity contribution in [2.45, 2.75) is 24.5 Å². The molecule has 0 bridgehead atoms. The minimum absolute atomic E-state index is 0.277. The van der Waals surface area contributed by atoms with Crippen LogP contribution in [0.25, 0.3) is 0 Å². The minimum Gasteiger partial charge on any atom is -0.392 e. The second-order valence-electron chi connectivity index (χ2n) is 3.33. The summed E-state index contributed by atoms with van der Waals surface area (Å²) in [5.74, 6) is 0. The number of aliphatic hydroxyl groups is 1. The summed E-state index contributed by atoms with van der Waals surface area (Å²) in [6.45, 7) is 3.24. The smallest absolute Gasteiger partial charge is 0.0636 e. The number of hydrogen-bond donors (Lipinski definition) is 2. The van der Waals surface area contributed by atoms with E-state index >= 15 is 0 Å². The predicted molar refractivity (Wildman–Crippen MR) is 61.6 cm³/mol. The summed E-state index contributed by atoms with van der Waals surface area (Å²) in [4.78, 5) is 1.28. The molecule has 0 fully saturated rings. The van der Waals surface area contributed by atoms with Crippen molar-refractivity contribution in [1.29, 1.82) is 0 Å². The van der Waals surface area contributed by atoms with Gasteiger partial charge in [0, 0.05) is 18.0 Å². The quantitative estimate of drug-likeness (QED) is 0.729. The fourth-order valence-electron chi connectivity index (χ4n) is 1.17. The van der Waals surface area contributed by atoms with Gasteiger partial charge in [0.1, 0.15) is 0 Å². The lowest BCUT2D eigenvalue weighted by Crippen LogP contribution is -2.23. The molecule has 1 aromatic rings. The van der Waals surface area contributed by atoms with Crippen molar-refractivity contribution in [3.8, 4) is 0 Å². The van der Waals surface area contributed by atoms with Crippen molar-refractivity contribution >= 4 is 11.8 Å². The molecule has 0 aliphatic carbocycles. The topological polar surface area (TPSA) is 32.3 Å². The van der Waals surface area contributed by atoms with Crippen molar-refractivity contribution in [2.75, 3.05) is 12.8 Å². The minimum atomic E-state index is -0.277. The molecule has 1 aromatic carbocycles. The maximum atomic E-state index is 9.05. The van der Waals surface area contributed by atoms with Gasteiger partial charge in [-0.1, -0.05) is 12.1 Å². The first kappa shape index (κ1) is 11.6. The average molecular weight is 211 g/mol. The van der Waals surface area contributed by atoms with Crippen LogP contribution in [0.1, 0.15) is 12.5 Å². The fourth-order valence-corrected chi connectivity index (χ4v) is 1.58. The van der Waals surface area contributed by atoms with Crippen molar-refractivity contribution in [1.82, 2.24) is 5.32 Å². The Bertz CT molecular complexity index is 258. The van der Waals surface area contributed by atoms with Gasteiger partial charge in [0.05, 0.1) is 6.10 Å². The van der Waals surface area contributed by atoms with E-state index in [2.05, 4.69) is 35.8 Å². The molecule has 3 heteroatoms. The van der Waals surface area contributed by atoms with E-state index in [-0.39, 0.29) is 6.10 Å². The molecule has 14 heavy (non-hydrogen) atoms. The first-order chi connectivity index (χ1) is 6.72. The van der Waals surface area contributed by atoms with Gasteiger partial charge in [-0.05, 0) is 30.9 Å². The van der Waals surface area contributed by atoms with Crippen molar-refractivity contribution < 1.29 is 5.11 Å². The molecule has 0 amide bonds. The summed E-state index contributed by atoms with van der Waals surface area (Å²) in [7, 11) is 0. The highest BCUT2D eigenvalue weighted by molar-refractivity contribution is 7.98. The molecule has 0 radical (unpaired) electrons. The molecule has 2 nitrogen and oxygen atoms in total. The lowest BCUT2D eigenvalue weighted by Gasteiger charge is -2.07. The van der Waals surface area contributed by atoms with E-state index in [1.54, 1.807) is 18.7 Å². The van der Waals surface area contributed by atoms with E-state index in [0.717, 1.165) is 6.54 Å². The van der Waals surface area contributed by atoms with Gasteiger partial charge in [-0.15, -0.1) is 11.8 Å². The predicted octanol–water partition coefficient (Wildman–Crippen LogP) is 1.88. The fraction of sp³-hybridized carbons (Fsp3) is 0.455. The Labute approximate surface area is 89.7 Å². The van der Waals surface area contributed by atoms with Gasteiger partial charge < -0.3 is 10.4 Å². The zero-order chi connectivity index (χ0) is 10.4. The SMILES string of the molecule is CSc1ccc(CNCC(C)O)cc1. The molecule has 0 aromatic heterocycles. The van der Waals surface area contributed by atoms with Gasteiger partial charge in [-0.3, -0.25) is 0 Å². The van der Waals surface area contributed by atoms with Crippen LogP contribution < -0.4 is 5.32 Å². The largest absolute Gasteiger partial charge is 0.392 e. The standard InChI is InChI=1S/C11H17NOS/c1-9(13)7-12-8-10-3-5-11(14-2)6-4-10/h3-6,9,12-13H,7-8H2,1-2H3. The molecule has 0 saturated heterocycles. The van der Waals surface area contributed by atoms with E-state index in [1.807, 2.05) is 0 Å². The first-order valence-corrected chi connectivity index (χ1v) is 5.96. The number of aliphatic hydroxyl groups excluding tert-OH is 1. The molecule has 2 N–H and O–H groups in total. The molecular weight excluding hydrogens is 194 g/mol. The van der Waals surface area contributed by atoms with Gasteiger partial charge in [-0.2, -0.15) is 0 Å². The molecule has 1 atom stereocenters. The highest BCUT2D eigenvalue weighted by atomic mass is 32.2. The highest BCUT2D eigenvalue weighted by Gasteiger charge is 1.96. The zero-order valence-electron chi connectivity index (χ0n) is 8.66. The monoisotopic (exact) mass is 211 g/mol. The zero-order valence-corrected chi connectivity index (χ0v) is 9.47. The summed E-state index contributed by atoms with van der Waals surface area (Å²) in [6.07, 6.45) is 1.79. The number of thioether (sulfide) groups is 1. The first-order valence-electron chi connectivity index (χ1n) is 4.74. The van der Waals surface area contributed by atoms with Crippen molar-refractivity contribution in [2.24, 2.45) is 0 Å². The summed E-state index contributed by atoms with van der Waals surface area (Å²) < 4.78 is 0. The normalized spacial score (nSPS) is 12.8. The van der Waals surface area contributed by atoms with Crippen LogP contribution in [0, 0.1) is 0 Å². The molecule has 0 aliphatic heterocycles. The van der Waals surface area contributed by atoms with Crippen LogP contribution in [0.4, 0.5) is 0 Å². The molecule has 1 unspecified atom stereocenters. The van der Waals surface area contributed by atoms with Crippen LogP contribution in [-0.2, 0) is 6.54 Å². The summed E-state index contributed by atoms with van der Waals surface area (Å²) in [6, 6.07) is 8.45. The Morgan fingerprint density at radius 2 is 2.00 bits per heavy atom. The van der Waals surface area contributed by atoms with Crippen molar-refractivity contribution in [3.05, 3.63) is 29.8 Å². The molecule has 0 spiro atoms. The van der Waals surface area contributed by atoms with E-state index in [4.69, 9.17) is 5.11 Å². The van der Waals surface area contributed by atoms with Crippen LogP contribution in [0.5, 0.6) is 0 Å². The lowest BCUT2D eigenvalue weighted by molar-refractivity contribution is 0.191. The van der Waals surface area contributed by atoms with Crippen LogP contribution in [0.2, 0.25) is 0 Å². The molecule has 78 valence electrons. The van der Waals surface area contributed by atoms with Gasteiger partial charge >= 0.3 is 0 Å². The van der Waals surface area contributed by atoms with Crippen molar-refractivity contribution in [3.63, 3.8) is 0 Å². The number of nitrogens with one attached hydrogen (secondary N) is 1. The molecule has 0 saturated carbocycles. The second-order valence-corrected chi connectivity index (χ2v) is 4.21. The molecule has 1 rings (SSSR count). The summed E-state index contributed by atoms with van der Waals surface area (Å²) in [5, 5.41) is 12.2. The van der Waals surface area contributed by atoms with E-state index in [9.17, 15) is 0 Å². The van der Waals surface area contributed by atoms with Gasteiger partial charge in [0.2, 0.25) is 0 Å². The van der Waals surface area contributed by atoms with Gasteiger partial charge in [-0.25, -0.2) is 0 Å². The third-order valence-corrected chi connectivity index (χ3v) is 2.67. The van der Waals surface area contributed by atoms with Crippen LogP contribution in [-0.4, -0.2) is 24.0 Å². The second kappa shape index (κ2) is 6.06. The highest BCUT2D eigenvalue weighted by Crippen LogP contribution is 2.14. The number of rotatable bonds is 5. The van der Waals surface area contributed by atoms with Gasteiger partial charge in [0.15, 0.2) is 0 Å². The molecule has 0 aliphatic rings. The van der Waals surface area contributed by atoms with E-state index in [1.165, 1.54) is 10.5 Å². The average Bonchev–Trinajstić information content (AvgIpc) is 2.18. The van der Waals surface area contributed by atoms with Crippen LogP contribution in [0.3, 0.4) is 0 Å². The lowest BCUT2D eigenvalue weighted by atomic mass is 10.2. The Morgan fingerprint density at radius 3 is 2.50 bits per heavy atom. The van der Waals surface area contributed by atoms with Gasteiger partial charge in [0.25, 0.3) is 0 Å². The Hall–Kier alpha value is -0.510. The van der Waals surface area contributed by atoms with E-state index < -0.39 is 0 Å². The number of hydrogen-bond acceptors (Lipinski definition) is 3. The molecule has 0 heterocycles. The van der Waals surface area contributed by atoms with Crippen LogP contribution >= 0.6 is 11.8 Å². The molecular formula is C11H17NOS. The maximum absolute atomic E-state index is 9.05. The maximum Gasteiger partial charge on any atom is 0.0636 e. The summed E-state index contributed by atoms with van der Waals surface area (Å²) >= 11 is 1.75. The Balaban J connectivity index is 2.36. The Morgan fingerprint density at radius 1 is 1.36 bits per heavy atom. The third-order valence-electron chi connectivity index (χ3n) is 1.93. The third kappa shape index (κ3) is 4.13. The van der Waals surface area contributed by atoms with Crippen LogP contribution in [0.15, 0.2) is 29.2 Å².